The van der Waals surface area contributed by atoms with Gasteiger partial charge >= 0.3 is 0 Å². The summed E-state index contributed by atoms with van der Waals surface area (Å²) in [5, 5.41) is 12.5. The summed E-state index contributed by atoms with van der Waals surface area (Å²) >= 11 is 6.82. The van der Waals surface area contributed by atoms with Crippen LogP contribution in [0.3, 0.4) is 0 Å². The van der Waals surface area contributed by atoms with Gasteiger partial charge in [-0.3, -0.25) is 4.79 Å². The number of aromatic nitrogens is 3. The van der Waals surface area contributed by atoms with E-state index in [-0.39, 0.29) is 48.7 Å². The summed E-state index contributed by atoms with van der Waals surface area (Å²) in [7, 11) is -3.58. The number of sulfonamides is 1. The zero-order valence-electron chi connectivity index (χ0n) is 12.9. The van der Waals surface area contributed by atoms with E-state index in [9.17, 15) is 13.2 Å². The Labute approximate surface area is 153 Å². The van der Waals surface area contributed by atoms with Crippen molar-refractivity contribution in [2.45, 2.75) is 10.8 Å². The minimum Gasteiger partial charge on any atom is -0.338 e. The minimum atomic E-state index is -3.58. The summed E-state index contributed by atoms with van der Waals surface area (Å²) in [5.41, 5.74) is 0. The summed E-state index contributed by atoms with van der Waals surface area (Å²) in [6.45, 7) is 0.963. The van der Waals surface area contributed by atoms with E-state index in [1.165, 1.54) is 21.4 Å². The van der Waals surface area contributed by atoms with Crippen LogP contribution in [-0.2, 0) is 21.4 Å². The highest BCUT2D eigenvalue weighted by Crippen LogP contribution is 2.28. The molecule has 25 heavy (non-hydrogen) atoms. The topological polar surface area (TPSA) is 112 Å². The standard InChI is InChI=1S/C13H13ClN6O3S2/c14-10-1-2-13(24-10)25(22,23)20-5-3-18(4-6-20)12(21)8-19-9-16-11(7-15)17-19/h1-2,9H,3-6,8H2. The second kappa shape index (κ2) is 7.09. The lowest BCUT2D eigenvalue weighted by atomic mass is 10.3. The van der Waals surface area contributed by atoms with Crippen molar-refractivity contribution in [3.05, 3.63) is 28.6 Å². The monoisotopic (exact) mass is 400 g/mol. The van der Waals surface area contributed by atoms with E-state index in [4.69, 9.17) is 16.9 Å². The second-order valence-corrected chi connectivity index (χ2v) is 9.10. The van der Waals surface area contributed by atoms with E-state index >= 15 is 0 Å². The number of amides is 1. The molecule has 0 aromatic carbocycles. The Morgan fingerprint density at radius 2 is 2.04 bits per heavy atom. The molecule has 0 unspecified atom stereocenters. The molecule has 3 rings (SSSR count). The second-order valence-electron chi connectivity index (χ2n) is 5.22. The van der Waals surface area contributed by atoms with Gasteiger partial charge in [0.1, 0.15) is 23.2 Å². The van der Waals surface area contributed by atoms with Gasteiger partial charge in [-0.15, -0.1) is 16.4 Å². The lowest BCUT2D eigenvalue weighted by molar-refractivity contribution is -0.133. The molecule has 0 bridgehead atoms. The van der Waals surface area contributed by atoms with Crippen LogP contribution in [0.2, 0.25) is 4.34 Å². The number of nitrogens with zero attached hydrogens (tertiary/aromatic N) is 6. The first-order valence-electron chi connectivity index (χ1n) is 7.23. The summed E-state index contributed by atoms with van der Waals surface area (Å²) < 4.78 is 28.3. The Kier molecular flexibility index (Phi) is 5.05. The maximum absolute atomic E-state index is 12.5. The first kappa shape index (κ1) is 17.8. The third-order valence-electron chi connectivity index (χ3n) is 3.67. The number of halogens is 1. The van der Waals surface area contributed by atoms with Gasteiger partial charge in [0.15, 0.2) is 0 Å². The molecule has 0 aliphatic carbocycles. The molecule has 0 saturated carbocycles. The van der Waals surface area contributed by atoms with Crippen LogP contribution in [0.25, 0.3) is 0 Å². The number of rotatable bonds is 4. The predicted octanol–water partition coefficient (Wildman–Crippen LogP) is 0.398. The maximum Gasteiger partial charge on any atom is 0.252 e. The van der Waals surface area contributed by atoms with Gasteiger partial charge in [0.25, 0.3) is 15.8 Å². The highest BCUT2D eigenvalue weighted by Gasteiger charge is 2.31. The van der Waals surface area contributed by atoms with Gasteiger partial charge in [-0.25, -0.2) is 18.1 Å². The van der Waals surface area contributed by atoms with Crippen LogP contribution >= 0.6 is 22.9 Å². The highest BCUT2D eigenvalue weighted by atomic mass is 35.5. The molecule has 0 spiro atoms. The van der Waals surface area contributed by atoms with E-state index < -0.39 is 10.0 Å². The molecule has 2 aromatic rings. The Bertz CT molecular complexity index is 924. The first-order valence-corrected chi connectivity index (χ1v) is 9.86. The maximum atomic E-state index is 12.5. The zero-order chi connectivity index (χ0) is 18.0. The molecule has 0 radical (unpaired) electrons. The fourth-order valence-electron chi connectivity index (χ4n) is 2.40. The van der Waals surface area contributed by atoms with Crippen LogP contribution < -0.4 is 0 Å². The van der Waals surface area contributed by atoms with Crippen LogP contribution in [0, 0.1) is 11.3 Å². The van der Waals surface area contributed by atoms with Crippen molar-refractivity contribution in [1.82, 2.24) is 24.0 Å². The number of carbonyl (C=O) groups excluding carboxylic acids is 1. The van der Waals surface area contributed by atoms with Crippen molar-refractivity contribution in [3.8, 4) is 6.07 Å². The molecule has 3 heterocycles. The predicted molar refractivity (Wildman–Crippen MR) is 89.4 cm³/mol. The largest absolute Gasteiger partial charge is 0.338 e. The zero-order valence-corrected chi connectivity index (χ0v) is 15.3. The normalized spacial score (nSPS) is 15.9. The summed E-state index contributed by atoms with van der Waals surface area (Å²) in [6.07, 6.45) is 1.32. The minimum absolute atomic E-state index is 0.00155. The van der Waals surface area contributed by atoms with E-state index in [1.54, 1.807) is 17.0 Å². The highest BCUT2D eigenvalue weighted by molar-refractivity contribution is 7.91. The van der Waals surface area contributed by atoms with Gasteiger partial charge in [0.2, 0.25) is 5.91 Å². The lowest BCUT2D eigenvalue weighted by Gasteiger charge is -2.33. The smallest absolute Gasteiger partial charge is 0.252 e. The van der Waals surface area contributed by atoms with Crippen LogP contribution in [-0.4, -0.2) is 64.5 Å². The number of nitriles is 1. The average molecular weight is 401 g/mol. The number of carbonyl (C=O) groups is 1. The van der Waals surface area contributed by atoms with E-state index in [0.29, 0.717) is 4.34 Å². The summed E-state index contributed by atoms with van der Waals surface area (Å²) in [6, 6.07) is 4.82. The van der Waals surface area contributed by atoms with E-state index in [0.717, 1.165) is 11.3 Å². The molecule has 0 atom stereocenters. The Morgan fingerprint density at radius 3 is 2.60 bits per heavy atom. The van der Waals surface area contributed by atoms with Crippen molar-refractivity contribution in [2.24, 2.45) is 0 Å². The van der Waals surface area contributed by atoms with Gasteiger partial charge in [0, 0.05) is 26.2 Å². The molecule has 0 N–H and O–H groups in total. The summed E-state index contributed by atoms with van der Waals surface area (Å²) in [4.78, 5) is 17.6. The molecular weight excluding hydrogens is 388 g/mol. The Balaban J connectivity index is 1.59. The molecule has 9 nitrogen and oxygen atoms in total. The molecule has 12 heteroatoms. The molecule has 1 saturated heterocycles. The van der Waals surface area contributed by atoms with Crippen molar-refractivity contribution >= 4 is 38.9 Å². The average Bonchev–Trinajstić information content (AvgIpc) is 3.24. The van der Waals surface area contributed by atoms with Gasteiger partial charge in [-0.2, -0.15) is 9.57 Å². The van der Waals surface area contributed by atoms with E-state index in [1.807, 2.05) is 0 Å². The van der Waals surface area contributed by atoms with Crippen molar-refractivity contribution in [1.29, 1.82) is 5.26 Å². The fourth-order valence-corrected chi connectivity index (χ4v) is 5.46. The number of hydrogen-bond donors (Lipinski definition) is 0. The lowest BCUT2D eigenvalue weighted by Crippen LogP contribution is -2.51. The van der Waals surface area contributed by atoms with Gasteiger partial charge in [0.05, 0.1) is 4.34 Å². The molecule has 132 valence electrons. The van der Waals surface area contributed by atoms with Crippen LogP contribution in [0.5, 0.6) is 0 Å². The molecule has 1 amide bonds. The third-order valence-corrected chi connectivity index (χ3v) is 7.26. The third kappa shape index (κ3) is 3.82. The SMILES string of the molecule is N#Cc1ncn(CC(=O)N2CCN(S(=O)(=O)c3ccc(Cl)s3)CC2)n1. The van der Waals surface area contributed by atoms with Crippen LogP contribution in [0.4, 0.5) is 0 Å². The van der Waals surface area contributed by atoms with Crippen molar-refractivity contribution in [2.75, 3.05) is 26.2 Å². The fraction of sp³-hybridized carbons (Fsp3) is 0.385. The number of hydrogen-bond acceptors (Lipinski definition) is 7. The quantitative estimate of drug-likeness (QED) is 0.734. The Morgan fingerprint density at radius 1 is 1.32 bits per heavy atom. The van der Waals surface area contributed by atoms with Gasteiger partial charge in [-0.1, -0.05) is 11.6 Å². The molecule has 2 aromatic heterocycles. The van der Waals surface area contributed by atoms with Crippen LogP contribution in [0.15, 0.2) is 22.7 Å². The number of thiophene rings is 1. The number of piperazine rings is 1. The molecular formula is C13H13ClN6O3S2. The van der Waals surface area contributed by atoms with Crippen molar-refractivity contribution < 1.29 is 13.2 Å². The molecule has 1 aliphatic rings. The molecule has 1 fully saturated rings. The van der Waals surface area contributed by atoms with Gasteiger partial charge in [-0.05, 0) is 12.1 Å². The summed E-state index contributed by atoms with van der Waals surface area (Å²) in [5.74, 6) is -0.205. The Hall–Kier alpha value is -2.00. The van der Waals surface area contributed by atoms with Gasteiger partial charge < -0.3 is 4.90 Å². The molecule has 1 aliphatic heterocycles. The van der Waals surface area contributed by atoms with Crippen LogP contribution in [0.1, 0.15) is 5.82 Å². The first-order chi connectivity index (χ1) is 11.9. The van der Waals surface area contributed by atoms with E-state index in [2.05, 4.69) is 10.1 Å². The van der Waals surface area contributed by atoms with Crippen molar-refractivity contribution in [3.63, 3.8) is 0 Å².